The first-order valence-corrected chi connectivity index (χ1v) is 6.17. The Morgan fingerprint density at radius 3 is 2.00 bits per heavy atom. The maximum Gasteiger partial charge on any atom is 0.0246 e. The smallest absolute Gasteiger partial charge is 0.0246 e. The van der Waals surface area contributed by atoms with Gasteiger partial charge in [0, 0.05) is 31.2 Å². The zero-order valence-electron chi connectivity index (χ0n) is 9.92. The summed E-state index contributed by atoms with van der Waals surface area (Å²) in [4.78, 5) is 5.31. The summed E-state index contributed by atoms with van der Waals surface area (Å²) in [6.45, 7) is 12.2. The van der Waals surface area contributed by atoms with E-state index in [1.54, 1.807) is 0 Å². The van der Waals surface area contributed by atoms with E-state index in [0.29, 0.717) is 5.54 Å². The average molecular weight is 196 g/mol. The minimum Gasteiger partial charge on any atom is -0.301 e. The second kappa shape index (κ2) is 3.82. The Hall–Kier alpha value is -0.0800. The van der Waals surface area contributed by atoms with Crippen LogP contribution in [0.5, 0.6) is 0 Å². The van der Waals surface area contributed by atoms with Crippen molar-refractivity contribution in [3.8, 4) is 0 Å². The number of rotatable bonds is 2. The molecule has 0 aromatic rings. The molecule has 2 heterocycles. The van der Waals surface area contributed by atoms with Gasteiger partial charge in [-0.2, -0.15) is 0 Å². The van der Waals surface area contributed by atoms with Crippen LogP contribution in [0.3, 0.4) is 0 Å². The van der Waals surface area contributed by atoms with Crippen LogP contribution in [0.4, 0.5) is 0 Å². The molecule has 2 aliphatic rings. The molecule has 2 aliphatic heterocycles. The SMILES string of the molecule is CCN1CCC12CCN(C(C)C)CC2. The number of hydrogen-bond acceptors (Lipinski definition) is 2. The quantitative estimate of drug-likeness (QED) is 0.666. The molecule has 2 nitrogen and oxygen atoms in total. The highest BCUT2D eigenvalue weighted by atomic mass is 15.3. The first-order chi connectivity index (χ1) is 6.68. The van der Waals surface area contributed by atoms with E-state index in [-0.39, 0.29) is 0 Å². The minimum absolute atomic E-state index is 0.625. The maximum atomic E-state index is 2.69. The van der Waals surface area contributed by atoms with Crippen LogP contribution in [0.2, 0.25) is 0 Å². The molecule has 14 heavy (non-hydrogen) atoms. The summed E-state index contributed by atoms with van der Waals surface area (Å²) in [6, 6.07) is 0.738. The molecular formula is C12H24N2. The van der Waals surface area contributed by atoms with Crippen molar-refractivity contribution in [1.82, 2.24) is 9.80 Å². The van der Waals surface area contributed by atoms with Crippen molar-refractivity contribution in [2.24, 2.45) is 0 Å². The Kier molecular flexibility index (Phi) is 2.85. The summed E-state index contributed by atoms with van der Waals surface area (Å²) < 4.78 is 0. The standard InChI is InChI=1S/C12H24N2/c1-4-14-10-7-12(14)5-8-13(9-6-12)11(2)3/h11H,4-10H2,1-3H3. The van der Waals surface area contributed by atoms with Gasteiger partial charge in [-0.25, -0.2) is 0 Å². The van der Waals surface area contributed by atoms with E-state index in [0.717, 1.165) is 6.04 Å². The van der Waals surface area contributed by atoms with Crippen molar-refractivity contribution in [2.75, 3.05) is 26.2 Å². The van der Waals surface area contributed by atoms with E-state index in [1.165, 1.54) is 45.4 Å². The summed E-state index contributed by atoms with van der Waals surface area (Å²) in [5.41, 5.74) is 0.625. The molecule has 0 aliphatic carbocycles. The van der Waals surface area contributed by atoms with Crippen molar-refractivity contribution < 1.29 is 0 Å². The van der Waals surface area contributed by atoms with Crippen molar-refractivity contribution in [3.05, 3.63) is 0 Å². The molecule has 2 saturated heterocycles. The fraction of sp³-hybridized carbons (Fsp3) is 1.00. The zero-order valence-corrected chi connectivity index (χ0v) is 9.92. The van der Waals surface area contributed by atoms with Crippen molar-refractivity contribution in [1.29, 1.82) is 0 Å². The summed E-state index contributed by atoms with van der Waals surface area (Å²) in [7, 11) is 0. The topological polar surface area (TPSA) is 6.48 Å². The summed E-state index contributed by atoms with van der Waals surface area (Å²) in [5.74, 6) is 0. The lowest BCUT2D eigenvalue weighted by Gasteiger charge is -2.57. The van der Waals surface area contributed by atoms with Gasteiger partial charge in [0.25, 0.3) is 0 Å². The van der Waals surface area contributed by atoms with Gasteiger partial charge < -0.3 is 4.90 Å². The van der Waals surface area contributed by atoms with E-state index >= 15 is 0 Å². The zero-order chi connectivity index (χ0) is 10.2. The third-order valence-corrected chi connectivity index (χ3v) is 4.36. The van der Waals surface area contributed by atoms with Crippen molar-refractivity contribution in [3.63, 3.8) is 0 Å². The number of likely N-dealkylation sites (tertiary alicyclic amines) is 2. The highest BCUT2D eigenvalue weighted by Gasteiger charge is 2.45. The molecule has 0 N–H and O–H groups in total. The molecule has 0 saturated carbocycles. The van der Waals surface area contributed by atoms with Crippen LogP contribution >= 0.6 is 0 Å². The molecule has 0 aromatic heterocycles. The second-order valence-corrected chi connectivity index (χ2v) is 5.18. The highest BCUT2D eigenvalue weighted by Crippen LogP contribution is 2.39. The average Bonchev–Trinajstić information content (AvgIpc) is 2.17. The molecule has 2 rings (SSSR count). The lowest BCUT2D eigenvalue weighted by Crippen LogP contribution is -2.64. The lowest BCUT2D eigenvalue weighted by molar-refractivity contribution is -0.0593. The molecule has 0 amide bonds. The van der Waals surface area contributed by atoms with E-state index in [1.807, 2.05) is 0 Å². The van der Waals surface area contributed by atoms with Gasteiger partial charge in [0.1, 0.15) is 0 Å². The monoisotopic (exact) mass is 196 g/mol. The van der Waals surface area contributed by atoms with Gasteiger partial charge >= 0.3 is 0 Å². The van der Waals surface area contributed by atoms with Crippen LogP contribution in [0, 0.1) is 0 Å². The van der Waals surface area contributed by atoms with Gasteiger partial charge in [0.15, 0.2) is 0 Å². The molecule has 0 atom stereocenters. The van der Waals surface area contributed by atoms with Crippen LogP contribution in [-0.4, -0.2) is 47.6 Å². The van der Waals surface area contributed by atoms with E-state index in [9.17, 15) is 0 Å². The molecule has 0 aromatic carbocycles. The second-order valence-electron chi connectivity index (χ2n) is 5.18. The Balaban J connectivity index is 1.89. The molecule has 2 heteroatoms. The van der Waals surface area contributed by atoms with E-state index in [2.05, 4.69) is 30.6 Å². The van der Waals surface area contributed by atoms with Gasteiger partial charge in [-0.05, 0) is 39.7 Å². The molecule has 1 spiro atoms. The van der Waals surface area contributed by atoms with E-state index in [4.69, 9.17) is 0 Å². The normalized spacial score (nSPS) is 28.3. The van der Waals surface area contributed by atoms with Crippen LogP contribution in [-0.2, 0) is 0 Å². The molecule has 82 valence electrons. The molecule has 2 fully saturated rings. The van der Waals surface area contributed by atoms with E-state index < -0.39 is 0 Å². The molecular weight excluding hydrogens is 172 g/mol. The molecule has 0 radical (unpaired) electrons. The maximum absolute atomic E-state index is 2.69. The molecule has 0 unspecified atom stereocenters. The molecule has 0 bridgehead atoms. The predicted octanol–water partition coefficient (Wildman–Crippen LogP) is 1.95. The van der Waals surface area contributed by atoms with Crippen LogP contribution in [0.25, 0.3) is 0 Å². The Morgan fingerprint density at radius 1 is 1.07 bits per heavy atom. The summed E-state index contributed by atoms with van der Waals surface area (Å²) in [6.07, 6.45) is 4.25. The van der Waals surface area contributed by atoms with Gasteiger partial charge in [0.05, 0.1) is 0 Å². The van der Waals surface area contributed by atoms with Crippen LogP contribution < -0.4 is 0 Å². The van der Waals surface area contributed by atoms with Gasteiger partial charge in [-0.1, -0.05) is 6.92 Å². The van der Waals surface area contributed by atoms with Crippen molar-refractivity contribution >= 4 is 0 Å². The van der Waals surface area contributed by atoms with Crippen LogP contribution in [0.1, 0.15) is 40.0 Å². The predicted molar refractivity (Wildman–Crippen MR) is 60.5 cm³/mol. The number of hydrogen-bond donors (Lipinski definition) is 0. The number of nitrogens with zero attached hydrogens (tertiary/aromatic N) is 2. The first kappa shape index (κ1) is 10.4. The van der Waals surface area contributed by atoms with Gasteiger partial charge in [0.2, 0.25) is 0 Å². The Morgan fingerprint density at radius 2 is 1.64 bits per heavy atom. The third kappa shape index (κ3) is 1.59. The summed E-state index contributed by atoms with van der Waals surface area (Å²) >= 11 is 0. The first-order valence-electron chi connectivity index (χ1n) is 6.17. The largest absolute Gasteiger partial charge is 0.301 e. The minimum atomic E-state index is 0.625. The summed E-state index contributed by atoms with van der Waals surface area (Å²) in [5, 5.41) is 0. The fourth-order valence-electron chi connectivity index (χ4n) is 3.10. The Bertz CT molecular complexity index is 190. The number of piperidine rings is 1. The lowest BCUT2D eigenvalue weighted by atomic mass is 9.76. The third-order valence-electron chi connectivity index (χ3n) is 4.36. The van der Waals surface area contributed by atoms with Gasteiger partial charge in [-0.15, -0.1) is 0 Å². The Labute approximate surface area is 88.3 Å². The van der Waals surface area contributed by atoms with Crippen molar-refractivity contribution in [2.45, 2.75) is 51.6 Å². The highest BCUT2D eigenvalue weighted by molar-refractivity contribution is 5.02. The van der Waals surface area contributed by atoms with Crippen LogP contribution in [0.15, 0.2) is 0 Å². The van der Waals surface area contributed by atoms with Gasteiger partial charge in [-0.3, -0.25) is 4.90 Å². The fourth-order valence-corrected chi connectivity index (χ4v) is 3.10.